The van der Waals surface area contributed by atoms with Crippen molar-refractivity contribution in [3.63, 3.8) is 0 Å². The lowest BCUT2D eigenvalue weighted by Gasteiger charge is -2.11. The largest absolute Gasteiger partial charge is 0.489 e. The molecule has 0 saturated carbocycles. The lowest BCUT2D eigenvalue weighted by atomic mass is 10.1. The second-order valence-corrected chi connectivity index (χ2v) is 6.87. The summed E-state index contributed by atoms with van der Waals surface area (Å²) in [6, 6.07) is 13.6. The minimum Gasteiger partial charge on any atom is -0.489 e. The summed E-state index contributed by atoms with van der Waals surface area (Å²) in [7, 11) is 0. The van der Waals surface area contributed by atoms with Gasteiger partial charge in [0.25, 0.3) is 0 Å². The molecule has 2 aromatic carbocycles. The Morgan fingerprint density at radius 1 is 1.08 bits per heavy atom. The molecule has 0 radical (unpaired) electrons. The van der Waals surface area contributed by atoms with Crippen LogP contribution in [0.15, 0.2) is 42.5 Å². The highest BCUT2D eigenvalue weighted by molar-refractivity contribution is 6.35. The van der Waals surface area contributed by atoms with Crippen molar-refractivity contribution in [3.05, 3.63) is 63.6 Å². The van der Waals surface area contributed by atoms with Crippen LogP contribution < -0.4 is 10.1 Å². The minimum absolute atomic E-state index is 0. The van der Waals surface area contributed by atoms with Crippen molar-refractivity contribution >= 4 is 35.6 Å². The second-order valence-electron chi connectivity index (χ2n) is 6.03. The van der Waals surface area contributed by atoms with Gasteiger partial charge in [0.1, 0.15) is 12.4 Å². The molecule has 0 amide bonds. The fraction of sp³-hybridized carbons (Fsp3) is 0.368. The van der Waals surface area contributed by atoms with E-state index < -0.39 is 0 Å². The molecule has 0 fully saturated rings. The van der Waals surface area contributed by atoms with Gasteiger partial charge in [-0.25, -0.2) is 0 Å². The van der Waals surface area contributed by atoms with E-state index >= 15 is 0 Å². The number of hydrogen-bond acceptors (Lipinski definition) is 2. The van der Waals surface area contributed by atoms with Gasteiger partial charge in [0, 0.05) is 22.2 Å². The normalized spacial score (nSPS) is 10.5. The Labute approximate surface area is 160 Å². The molecule has 0 spiro atoms. The van der Waals surface area contributed by atoms with Crippen LogP contribution in [0.2, 0.25) is 10.0 Å². The molecular weight excluding hydrogens is 365 g/mol. The van der Waals surface area contributed by atoms with Crippen molar-refractivity contribution in [1.82, 2.24) is 5.32 Å². The molecular formula is C19H24Cl3NO. The highest BCUT2D eigenvalue weighted by Crippen LogP contribution is 2.23. The topological polar surface area (TPSA) is 21.3 Å². The first kappa shape index (κ1) is 21.1. The average molecular weight is 389 g/mol. The van der Waals surface area contributed by atoms with Crippen molar-refractivity contribution in [2.45, 2.75) is 33.4 Å². The van der Waals surface area contributed by atoms with Gasteiger partial charge in [-0.1, -0.05) is 55.2 Å². The third kappa shape index (κ3) is 7.31. The van der Waals surface area contributed by atoms with E-state index in [0.717, 1.165) is 30.3 Å². The van der Waals surface area contributed by atoms with E-state index in [1.54, 1.807) is 6.07 Å². The number of ether oxygens (including phenoxy) is 1. The lowest BCUT2D eigenvalue weighted by molar-refractivity contribution is 0.306. The van der Waals surface area contributed by atoms with Crippen molar-refractivity contribution in [3.8, 4) is 5.75 Å². The monoisotopic (exact) mass is 387 g/mol. The highest BCUT2D eigenvalue weighted by Gasteiger charge is 2.03. The summed E-state index contributed by atoms with van der Waals surface area (Å²) in [6.07, 6.45) is 1.19. The van der Waals surface area contributed by atoms with Gasteiger partial charge in [0.2, 0.25) is 0 Å². The molecule has 0 heterocycles. The Morgan fingerprint density at radius 3 is 2.58 bits per heavy atom. The number of benzene rings is 2. The number of nitrogens with one attached hydrogen (secondary N) is 1. The van der Waals surface area contributed by atoms with Gasteiger partial charge in [-0.3, -0.25) is 0 Å². The molecule has 24 heavy (non-hydrogen) atoms. The molecule has 0 aliphatic carbocycles. The van der Waals surface area contributed by atoms with Crippen molar-refractivity contribution in [1.29, 1.82) is 0 Å². The van der Waals surface area contributed by atoms with Gasteiger partial charge < -0.3 is 10.1 Å². The predicted octanol–water partition coefficient (Wildman–Crippen LogP) is 6.13. The number of rotatable bonds is 8. The molecule has 132 valence electrons. The average Bonchev–Trinajstić information content (AvgIpc) is 2.51. The van der Waals surface area contributed by atoms with E-state index in [1.807, 2.05) is 24.3 Å². The first-order chi connectivity index (χ1) is 11.0. The predicted molar refractivity (Wildman–Crippen MR) is 106 cm³/mol. The Balaban J connectivity index is 0.00000288. The van der Waals surface area contributed by atoms with Crippen LogP contribution in [0.3, 0.4) is 0 Å². The molecule has 5 heteroatoms. The maximum Gasteiger partial charge on any atom is 0.120 e. The van der Waals surface area contributed by atoms with Crippen LogP contribution >= 0.6 is 35.6 Å². The van der Waals surface area contributed by atoms with Gasteiger partial charge >= 0.3 is 0 Å². The first-order valence-corrected chi connectivity index (χ1v) is 8.66. The number of hydrogen-bond donors (Lipinski definition) is 1. The highest BCUT2D eigenvalue weighted by atomic mass is 35.5. The fourth-order valence-electron chi connectivity index (χ4n) is 2.17. The van der Waals surface area contributed by atoms with E-state index in [-0.39, 0.29) is 12.4 Å². The quantitative estimate of drug-likeness (QED) is 0.549. The molecule has 0 aliphatic heterocycles. The first-order valence-electron chi connectivity index (χ1n) is 7.91. The fourth-order valence-corrected chi connectivity index (χ4v) is 2.63. The molecule has 0 unspecified atom stereocenters. The van der Waals surface area contributed by atoms with E-state index in [1.165, 1.54) is 12.0 Å². The molecule has 2 nitrogen and oxygen atoms in total. The van der Waals surface area contributed by atoms with Crippen LogP contribution in [0.5, 0.6) is 5.75 Å². The summed E-state index contributed by atoms with van der Waals surface area (Å²) >= 11 is 12.1. The van der Waals surface area contributed by atoms with Crippen LogP contribution in [0.1, 0.15) is 31.4 Å². The SMILES string of the molecule is CC(C)CCNCc1cccc(OCc2ccc(Cl)cc2Cl)c1.Cl. The van der Waals surface area contributed by atoms with Gasteiger partial charge in [0.15, 0.2) is 0 Å². The standard InChI is InChI=1S/C19H23Cl2NO.ClH/c1-14(2)8-9-22-12-15-4-3-5-18(10-15)23-13-16-6-7-17(20)11-19(16)21;/h3-7,10-11,14,22H,8-9,12-13H2,1-2H3;1H. The Hall–Kier alpha value is -0.930. The van der Waals surface area contributed by atoms with Crippen LogP contribution in [-0.4, -0.2) is 6.54 Å². The molecule has 0 saturated heterocycles. The van der Waals surface area contributed by atoms with Crippen LogP contribution in [0, 0.1) is 5.92 Å². The zero-order valence-corrected chi connectivity index (χ0v) is 16.3. The van der Waals surface area contributed by atoms with Crippen LogP contribution in [0.25, 0.3) is 0 Å². The summed E-state index contributed by atoms with van der Waals surface area (Å²) in [6.45, 7) is 6.78. The maximum absolute atomic E-state index is 6.16. The summed E-state index contributed by atoms with van der Waals surface area (Å²) in [5.74, 6) is 1.57. The molecule has 2 aromatic rings. The molecule has 0 aromatic heterocycles. The summed E-state index contributed by atoms with van der Waals surface area (Å²) in [5.41, 5.74) is 2.14. The molecule has 2 rings (SSSR count). The van der Waals surface area contributed by atoms with Gasteiger partial charge in [-0.15, -0.1) is 12.4 Å². The zero-order chi connectivity index (χ0) is 16.7. The Kier molecular flexibility index (Phi) is 9.53. The minimum atomic E-state index is 0. The van der Waals surface area contributed by atoms with Gasteiger partial charge in [0.05, 0.1) is 0 Å². The van der Waals surface area contributed by atoms with E-state index in [0.29, 0.717) is 16.7 Å². The Morgan fingerprint density at radius 2 is 1.88 bits per heavy atom. The van der Waals surface area contributed by atoms with Crippen molar-refractivity contribution in [2.24, 2.45) is 5.92 Å². The van der Waals surface area contributed by atoms with Crippen molar-refractivity contribution in [2.75, 3.05) is 6.54 Å². The van der Waals surface area contributed by atoms with Crippen molar-refractivity contribution < 1.29 is 4.74 Å². The summed E-state index contributed by atoms with van der Waals surface area (Å²) < 4.78 is 5.84. The maximum atomic E-state index is 6.16. The van der Waals surface area contributed by atoms with E-state index in [4.69, 9.17) is 27.9 Å². The third-order valence-corrected chi connectivity index (χ3v) is 4.12. The van der Waals surface area contributed by atoms with Gasteiger partial charge in [-0.2, -0.15) is 0 Å². The smallest absolute Gasteiger partial charge is 0.120 e. The Bertz CT molecular complexity index is 632. The lowest BCUT2D eigenvalue weighted by Crippen LogP contribution is -2.16. The summed E-state index contributed by atoms with van der Waals surface area (Å²) in [4.78, 5) is 0. The molecule has 0 bridgehead atoms. The number of halogens is 3. The molecule has 0 aliphatic rings. The third-order valence-electron chi connectivity index (χ3n) is 3.54. The molecule has 1 N–H and O–H groups in total. The van der Waals surface area contributed by atoms with Crippen LogP contribution in [-0.2, 0) is 13.2 Å². The van der Waals surface area contributed by atoms with Gasteiger partial charge in [-0.05, 0) is 48.7 Å². The molecule has 0 atom stereocenters. The van der Waals surface area contributed by atoms with Crippen LogP contribution in [0.4, 0.5) is 0 Å². The summed E-state index contributed by atoms with van der Waals surface area (Å²) in [5, 5.41) is 4.72. The van der Waals surface area contributed by atoms with E-state index in [2.05, 4.69) is 31.3 Å². The second kappa shape index (κ2) is 10.8. The zero-order valence-electron chi connectivity index (χ0n) is 14.0. The van der Waals surface area contributed by atoms with E-state index in [9.17, 15) is 0 Å².